The van der Waals surface area contributed by atoms with Crippen LogP contribution in [0.4, 0.5) is 0 Å². The zero-order valence-corrected chi connectivity index (χ0v) is 12.0. The molecule has 17 heavy (non-hydrogen) atoms. The third-order valence-electron chi connectivity index (χ3n) is 4.95. The number of hydrogen-bond acceptors (Lipinski definition) is 2. The highest BCUT2D eigenvalue weighted by Crippen LogP contribution is 2.30. The maximum absolute atomic E-state index is 3.86. The first-order valence-electron chi connectivity index (χ1n) is 7.49. The minimum Gasteiger partial charge on any atom is -0.313 e. The van der Waals surface area contributed by atoms with Gasteiger partial charge < -0.3 is 10.2 Å². The van der Waals surface area contributed by atoms with Gasteiger partial charge in [0.15, 0.2) is 0 Å². The molecule has 0 aromatic heterocycles. The molecule has 0 aromatic rings. The van der Waals surface area contributed by atoms with Crippen molar-refractivity contribution >= 4 is 0 Å². The molecule has 2 rings (SSSR count). The summed E-state index contributed by atoms with van der Waals surface area (Å²) in [7, 11) is 2.25. The van der Waals surface area contributed by atoms with Crippen LogP contribution < -0.4 is 5.32 Å². The molecule has 0 radical (unpaired) electrons. The highest BCUT2D eigenvalue weighted by atomic mass is 15.1. The molecule has 0 spiro atoms. The Balaban J connectivity index is 1.73. The minimum absolute atomic E-state index is 0.549. The molecular formula is C15H30N2. The zero-order valence-electron chi connectivity index (χ0n) is 12.0. The van der Waals surface area contributed by atoms with Gasteiger partial charge in [0.25, 0.3) is 0 Å². The van der Waals surface area contributed by atoms with Crippen molar-refractivity contribution in [1.82, 2.24) is 10.2 Å². The van der Waals surface area contributed by atoms with Gasteiger partial charge in [-0.2, -0.15) is 0 Å². The summed E-state index contributed by atoms with van der Waals surface area (Å²) in [5.41, 5.74) is 0.549. The number of rotatable bonds is 3. The van der Waals surface area contributed by atoms with Crippen molar-refractivity contribution in [2.75, 3.05) is 26.7 Å². The Morgan fingerprint density at radius 2 is 1.94 bits per heavy atom. The van der Waals surface area contributed by atoms with Gasteiger partial charge in [-0.1, -0.05) is 26.7 Å². The predicted octanol–water partition coefficient (Wildman–Crippen LogP) is 2.89. The third kappa shape index (κ3) is 3.96. The maximum Gasteiger partial charge on any atom is 0.00698 e. The Kier molecular flexibility index (Phi) is 4.48. The Hall–Kier alpha value is -0.0800. The molecule has 100 valence electrons. The predicted molar refractivity (Wildman–Crippen MR) is 74.3 cm³/mol. The molecule has 2 unspecified atom stereocenters. The molecule has 2 atom stereocenters. The van der Waals surface area contributed by atoms with Crippen molar-refractivity contribution in [1.29, 1.82) is 0 Å². The van der Waals surface area contributed by atoms with E-state index in [9.17, 15) is 0 Å². The lowest BCUT2D eigenvalue weighted by Crippen LogP contribution is -2.45. The van der Waals surface area contributed by atoms with Gasteiger partial charge in [0.05, 0.1) is 0 Å². The summed E-state index contributed by atoms with van der Waals surface area (Å²) in [5, 5.41) is 3.86. The van der Waals surface area contributed by atoms with Crippen LogP contribution in [0.1, 0.15) is 52.4 Å². The van der Waals surface area contributed by atoms with Crippen LogP contribution in [0.15, 0.2) is 0 Å². The SMILES string of the molecule is CC1CCCC(NCC2(C)CCN(C)CC2)C1. The standard InChI is InChI=1S/C15H30N2/c1-13-5-4-6-14(11-13)16-12-15(2)7-9-17(3)10-8-15/h13-14,16H,4-12H2,1-3H3. The fraction of sp³-hybridized carbons (Fsp3) is 1.00. The zero-order chi connectivity index (χ0) is 12.3. The van der Waals surface area contributed by atoms with E-state index in [1.54, 1.807) is 0 Å². The lowest BCUT2D eigenvalue weighted by atomic mass is 9.79. The Labute approximate surface area is 107 Å². The van der Waals surface area contributed by atoms with Gasteiger partial charge in [0.2, 0.25) is 0 Å². The molecule has 0 aromatic carbocycles. The monoisotopic (exact) mass is 238 g/mol. The van der Waals surface area contributed by atoms with E-state index in [2.05, 4.69) is 31.1 Å². The largest absolute Gasteiger partial charge is 0.313 e. The highest BCUT2D eigenvalue weighted by Gasteiger charge is 2.29. The lowest BCUT2D eigenvalue weighted by molar-refractivity contribution is 0.128. The van der Waals surface area contributed by atoms with Gasteiger partial charge in [0.1, 0.15) is 0 Å². The third-order valence-corrected chi connectivity index (χ3v) is 4.95. The normalized spacial score (nSPS) is 34.8. The Morgan fingerprint density at radius 1 is 1.24 bits per heavy atom. The Morgan fingerprint density at radius 3 is 2.59 bits per heavy atom. The van der Waals surface area contributed by atoms with Gasteiger partial charge in [-0.05, 0) is 57.2 Å². The molecule has 0 amide bonds. The van der Waals surface area contributed by atoms with E-state index in [4.69, 9.17) is 0 Å². The van der Waals surface area contributed by atoms with Crippen LogP contribution in [0, 0.1) is 11.3 Å². The van der Waals surface area contributed by atoms with Crippen LogP contribution in [0.2, 0.25) is 0 Å². The Bertz CT molecular complexity index is 231. The van der Waals surface area contributed by atoms with E-state index >= 15 is 0 Å². The van der Waals surface area contributed by atoms with E-state index in [-0.39, 0.29) is 0 Å². The van der Waals surface area contributed by atoms with Crippen LogP contribution in [-0.4, -0.2) is 37.6 Å². The molecule has 1 saturated carbocycles. The van der Waals surface area contributed by atoms with Crippen molar-refractivity contribution in [3.05, 3.63) is 0 Å². The fourth-order valence-electron chi connectivity index (χ4n) is 3.35. The fourth-order valence-corrected chi connectivity index (χ4v) is 3.35. The second-order valence-corrected chi connectivity index (χ2v) is 6.96. The topological polar surface area (TPSA) is 15.3 Å². The van der Waals surface area contributed by atoms with Gasteiger partial charge in [0, 0.05) is 12.6 Å². The second kappa shape index (κ2) is 5.71. The van der Waals surface area contributed by atoms with E-state index in [1.165, 1.54) is 58.2 Å². The molecular weight excluding hydrogens is 208 g/mol. The molecule has 1 N–H and O–H groups in total. The van der Waals surface area contributed by atoms with Crippen molar-refractivity contribution < 1.29 is 0 Å². The maximum atomic E-state index is 3.86. The molecule has 1 aliphatic carbocycles. The number of likely N-dealkylation sites (tertiary alicyclic amines) is 1. The molecule has 1 aliphatic heterocycles. The van der Waals surface area contributed by atoms with Crippen molar-refractivity contribution in [2.24, 2.45) is 11.3 Å². The first kappa shape index (κ1) is 13.4. The van der Waals surface area contributed by atoms with E-state index < -0.39 is 0 Å². The van der Waals surface area contributed by atoms with Gasteiger partial charge >= 0.3 is 0 Å². The summed E-state index contributed by atoms with van der Waals surface area (Å²) in [5.74, 6) is 0.937. The molecule has 2 nitrogen and oxygen atoms in total. The average molecular weight is 238 g/mol. The molecule has 0 bridgehead atoms. The van der Waals surface area contributed by atoms with Crippen molar-refractivity contribution in [3.8, 4) is 0 Å². The minimum atomic E-state index is 0.549. The van der Waals surface area contributed by atoms with Gasteiger partial charge in [-0.15, -0.1) is 0 Å². The van der Waals surface area contributed by atoms with E-state index in [1.807, 2.05) is 0 Å². The average Bonchev–Trinajstić information content (AvgIpc) is 2.31. The summed E-state index contributed by atoms with van der Waals surface area (Å²) < 4.78 is 0. The highest BCUT2D eigenvalue weighted by molar-refractivity contribution is 4.85. The molecule has 2 aliphatic rings. The first-order chi connectivity index (χ1) is 8.07. The lowest BCUT2D eigenvalue weighted by Gasteiger charge is -2.39. The quantitative estimate of drug-likeness (QED) is 0.813. The summed E-state index contributed by atoms with van der Waals surface area (Å²) >= 11 is 0. The first-order valence-corrected chi connectivity index (χ1v) is 7.49. The smallest absolute Gasteiger partial charge is 0.00698 e. The van der Waals surface area contributed by atoms with E-state index in [0.717, 1.165) is 12.0 Å². The van der Waals surface area contributed by atoms with Crippen molar-refractivity contribution in [2.45, 2.75) is 58.4 Å². The van der Waals surface area contributed by atoms with Crippen LogP contribution in [-0.2, 0) is 0 Å². The molecule has 1 saturated heterocycles. The molecule has 2 fully saturated rings. The van der Waals surface area contributed by atoms with Crippen LogP contribution in [0.25, 0.3) is 0 Å². The molecule has 2 heteroatoms. The van der Waals surface area contributed by atoms with Crippen LogP contribution in [0.5, 0.6) is 0 Å². The number of nitrogens with one attached hydrogen (secondary N) is 1. The van der Waals surface area contributed by atoms with Crippen molar-refractivity contribution in [3.63, 3.8) is 0 Å². The summed E-state index contributed by atoms with van der Waals surface area (Å²) in [6, 6.07) is 0.801. The van der Waals surface area contributed by atoms with Gasteiger partial charge in [-0.3, -0.25) is 0 Å². The second-order valence-electron chi connectivity index (χ2n) is 6.96. The van der Waals surface area contributed by atoms with Crippen LogP contribution in [0.3, 0.4) is 0 Å². The van der Waals surface area contributed by atoms with Crippen LogP contribution >= 0.6 is 0 Å². The molecule has 1 heterocycles. The summed E-state index contributed by atoms with van der Waals surface area (Å²) in [6.07, 6.45) is 8.40. The van der Waals surface area contributed by atoms with Gasteiger partial charge in [-0.25, -0.2) is 0 Å². The number of nitrogens with zero attached hydrogens (tertiary/aromatic N) is 1. The number of piperidine rings is 1. The summed E-state index contributed by atoms with van der Waals surface area (Å²) in [6.45, 7) is 8.67. The summed E-state index contributed by atoms with van der Waals surface area (Å²) in [4.78, 5) is 2.46. The van der Waals surface area contributed by atoms with E-state index in [0.29, 0.717) is 5.41 Å². The number of hydrogen-bond donors (Lipinski definition) is 1.